The van der Waals surface area contributed by atoms with Gasteiger partial charge in [0.05, 0.1) is 11.6 Å². The van der Waals surface area contributed by atoms with Gasteiger partial charge in [0.25, 0.3) is 0 Å². The van der Waals surface area contributed by atoms with Crippen molar-refractivity contribution in [2.45, 2.75) is 99.8 Å². The maximum absolute atomic E-state index is 9.84. The molecule has 0 N–H and O–H groups in total. The minimum Gasteiger partial charge on any atom is -0.192 e. The summed E-state index contributed by atoms with van der Waals surface area (Å²) in [6, 6.07) is 6.94. The smallest absolute Gasteiger partial charge is 0.0994 e. The Morgan fingerprint density at radius 1 is 0.720 bits per heavy atom. The second-order valence-corrected chi connectivity index (χ2v) is 11.6. The molecular weight excluding hydrogens is 302 g/mol. The van der Waals surface area contributed by atoms with Crippen LogP contribution in [0.15, 0.2) is 12.1 Å². The lowest BCUT2D eigenvalue weighted by atomic mass is 9.67. The Labute approximate surface area is 156 Å². The molecule has 0 aliphatic heterocycles. The van der Waals surface area contributed by atoms with E-state index in [9.17, 15) is 5.26 Å². The predicted octanol–water partition coefficient (Wildman–Crippen LogP) is 7.29. The van der Waals surface area contributed by atoms with E-state index in [2.05, 4.69) is 94.4 Å². The van der Waals surface area contributed by atoms with Crippen LogP contribution in [0.1, 0.15) is 104 Å². The summed E-state index contributed by atoms with van der Waals surface area (Å²) in [5, 5.41) is 9.84. The Morgan fingerprint density at radius 3 is 1.48 bits per heavy atom. The quantitative estimate of drug-likeness (QED) is 0.564. The molecule has 0 unspecified atom stereocenters. The number of hydrogen-bond donors (Lipinski definition) is 0. The first kappa shape index (κ1) is 21.8. The molecule has 25 heavy (non-hydrogen) atoms. The normalized spacial score (nSPS) is 13.7. The van der Waals surface area contributed by atoms with Gasteiger partial charge in [-0.3, -0.25) is 0 Å². The second kappa shape index (κ2) is 6.79. The minimum atomic E-state index is -0.0131. The van der Waals surface area contributed by atoms with Crippen LogP contribution < -0.4 is 0 Å². The third-order valence-corrected chi connectivity index (χ3v) is 4.89. The van der Waals surface area contributed by atoms with Crippen LogP contribution in [0.3, 0.4) is 0 Å². The SMILES string of the molecule is Cc1cc(C(C)(C)CC(C)(C)C)c(C#N)cc1C(C)(C)CC(C)(C)C. The van der Waals surface area contributed by atoms with Crippen LogP contribution in [0.25, 0.3) is 0 Å². The summed E-state index contributed by atoms with van der Waals surface area (Å²) in [6.45, 7) is 25.0. The van der Waals surface area contributed by atoms with Crippen molar-refractivity contribution in [2.24, 2.45) is 10.8 Å². The predicted molar refractivity (Wildman–Crippen MR) is 110 cm³/mol. The monoisotopic (exact) mass is 341 g/mol. The van der Waals surface area contributed by atoms with Crippen molar-refractivity contribution in [3.8, 4) is 6.07 Å². The molecule has 0 aliphatic rings. The van der Waals surface area contributed by atoms with Crippen molar-refractivity contribution in [1.82, 2.24) is 0 Å². The molecule has 0 atom stereocenters. The molecule has 140 valence electrons. The lowest BCUT2D eigenvalue weighted by Gasteiger charge is -2.37. The van der Waals surface area contributed by atoms with E-state index in [1.54, 1.807) is 0 Å². The number of benzene rings is 1. The molecule has 1 aromatic carbocycles. The van der Waals surface area contributed by atoms with Crippen LogP contribution in [0, 0.1) is 29.1 Å². The highest BCUT2D eigenvalue weighted by Gasteiger charge is 2.33. The molecule has 1 aromatic rings. The maximum atomic E-state index is 9.84. The molecule has 0 heterocycles. The van der Waals surface area contributed by atoms with Gasteiger partial charge < -0.3 is 0 Å². The number of hydrogen-bond acceptors (Lipinski definition) is 1. The number of rotatable bonds is 4. The fourth-order valence-electron chi connectivity index (χ4n) is 4.93. The lowest BCUT2D eigenvalue weighted by Crippen LogP contribution is -2.28. The molecule has 0 saturated heterocycles. The topological polar surface area (TPSA) is 23.8 Å². The third kappa shape index (κ3) is 5.88. The molecule has 0 fully saturated rings. The van der Waals surface area contributed by atoms with Gasteiger partial charge in [0.15, 0.2) is 0 Å². The molecule has 0 spiro atoms. The van der Waals surface area contributed by atoms with Crippen LogP contribution in [0.4, 0.5) is 0 Å². The van der Waals surface area contributed by atoms with Crippen LogP contribution in [0.5, 0.6) is 0 Å². The molecule has 0 bridgehead atoms. The standard InChI is InChI=1S/C24H39N/c1-17-12-20(24(10,11)16-22(5,6)7)18(14-25)13-19(17)23(8,9)15-21(2,3)4/h12-13H,15-16H2,1-11H3. The summed E-state index contributed by atoms with van der Waals surface area (Å²) in [7, 11) is 0. The summed E-state index contributed by atoms with van der Waals surface area (Å²) in [5.74, 6) is 0. The van der Waals surface area contributed by atoms with Crippen molar-refractivity contribution >= 4 is 0 Å². The van der Waals surface area contributed by atoms with Gasteiger partial charge in [-0.2, -0.15) is 5.26 Å². The summed E-state index contributed by atoms with van der Waals surface area (Å²) in [6.07, 6.45) is 2.15. The third-order valence-electron chi connectivity index (χ3n) is 4.89. The summed E-state index contributed by atoms with van der Waals surface area (Å²) in [4.78, 5) is 0. The molecule has 0 saturated carbocycles. The highest BCUT2D eigenvalue weighted by Crippen LogP contribution is 2.42. The van der Waals surface area contributed by atoms with Crippen molar-refractivity contribution in [3.05, 3.63) is 34.4 Å². The zero-order chi connectivity index (χ0) is 19.8. The Bertz CT molecular complexity index is 655. The van der Waals surface area contributed by atoms with E-state index in [0.29, 0.717) is 0 Å². The van der Waals surface area contributed by atoms with Crippen LogP contribution in [0.2, 0.25) is 0 Å². The number of nitrogens with zero attached hydrogens (tertiary/aromatic N) is 1. The maximum Gasteiger partial charge on any atom is 0.0994 e. The molecular formula is C24H39N. The fraction of sp³-hybridized carbons (Fsp3) is 0.708. The van der Waals surface area contributed by atoms with Crippen LogP contribution in [-0.4, -0.2) is 0 Å². The Morgan fingerprint density at radius 2 is 1.12 bits per heavy atom. The van der Waals surface area contributed by atoms with Crippen LogP contribution >= 0.6 is 0 Å². The van der Waals surface area contributed by atoms with Crippen LogP contribution in [-0.2, 0) is 10.8 Å². The van der Waals surface area contributed by atoms with E-state index in [0.717, 1.165) is 18.4 Å². The first-order valence-electron chi connectivity index (χ1n) is 9.54. The van der Waals surface area contributed by atoms with Gasteiger partial charge >= 0.3 is 0 Å². The van der Waals surface area contributed by atoms with E-state index < -0.39 is 0 Å². The van der Waals surface area contributed by atoms with E-state index in [-0.39, 0.29) is 21.7 Å². The van der Waals surface area contributed by atoms with Crippen molar-refractivity contribution in [3.63, 3.8) is 0 Å². The van der Waals surface area contributed by atoms with Crippen molar-refractivity contribution in [2.75, 3.05) is 0 Å². The second-order valence-electron chi connectivity index (χ2n) is 11.6. The molecule has 1 heteroatoms. The Balaban J connectivity index is 3.46. The number of aryl methyl sites for hydroxylation is 1. The molecule has 1 rings (SSSR count). The Hall–Kier alpha value is -1.29. The van der Waals surface area contributed by atoms with Gasteiger partial charge in [0.2, 0.25) is 0 Å². The molecule has 1 nitrogen and oxygen atoms in total. The molecule has 0 aromatic heterocycles. The molecule has 0 amide bonds. The molecule has 0 aliphatic carbocycles. The van der Waals surface area contributed by atoms with Gasteiger partial charge in [-0.05, 0) is 64.2 Å². The van der Waals surface area contributed by atoms with Gasteiger partial charge in [-0.15, -0.1) is 0 Å². The first-order chi connectivity index (χ1) is 11.0. The average molecular weight is 342 g/mol. The largest absolute Gasteiger partial charge is 0.192 e. The van der Waals surface area contributed by atoms with E-state index in [1.807, 2.05) is 0 Å². The summed E-state index contributed by atoms with van der Waals surface area (Å²) in [5.41, 5.74) is 5.19. The van der Waals surface area contributed by atoms with Gasteiger partial charge in [0.1, 0.15) is 0 Å². The average Bonchev–Trinajstić information content (AvgIpc) is 2.32. The highest BCUT2D eigenvalue weighted by molar-refractivity contribution is 5.49. The van der Waals surface area contributed by atoms with Gasteiger partial charge in [-0.1, -0.05) is 75.3 Å². The first-order valence-corrected chi connectivity index (χ1v) is 9.54. The Kier molecular flexibility index (Phi) is 5.91. The van der Waals surface area contributed by atoms with E-state index in [1.165, 1.54) is 16.7 Å². The zero-order valence-electron chi connectivity index (χ0n) is 18.5. The van der Waals surface area contributed by atoms with Gasteiger partial charge in [-0.25, -0.2) is 0 Å². The number of nitriles is 1. The zero-order valence-corrected chi connectivity index (χ0v) is 18.5. The van der Waals surface area contributed by atoms with Crippen molar-refractivity contribution < 1.29 is 0 Å². The highest BCUT2D eigenvalue weighted by atomic mass is 14.4. The van der Waals surface area contributed by atoms with E-state index in [4.69, 9.17) is 0 Å². The van der Waals surface area contributed by atoms with E-state index >= 15 is 0 Å². The minimum absolute atomic E-state index is 0.0131. The van der Waals surface area contributed by atoms with Crippen molar-refractivity contribution in [1.29, 1.82) is 5.26 Å². The fourth-order valence-corrected chi connectivity index (χ4v) is 4.93. The summed E-state index contributed by atoms with van der Waals surface area (Å²) < 4.78 is 0. The van der Waals surface area contributed by atoms with Gasteiger partial charge in [0, 0.05) is 0 Å². The lowest BCUT2D eigenvalue weighted by molar-refractivity contribution is 0.279. The summed E-state index contributed by atoms with van der Waals surface area (Å²) >= 11 is 0. The molecule has 0 radical (unpaired) electrons.